The molecule has 1 atom stereocenters. The van der Waals surface area contributed by atoms with Crippen molar-refractivity contribution >= 4 is 37.0 Å². The Bertz CT molecular complexity index is 592. The van der Waals surface area contributed by atoms with Crippen molar-refractivity contribution in [2.24, 2.45) is 11.3 Å². The molecule has 19 heavy (non-hydrogen) atoms. The molecule has 4 nitrogen and oxygen atoms in total. The Morgan fingerprint density at radius 2 is 2.16 bits per heavy atom. The third-order valence-electron chi connectivity index (χ3n) is 3.48. The van der Waals surface area contributed by atoms with Gasteiger partial charge in [0.2, 0.25) is 5.91 Å². The van der Waals surface area contributed by atoms with Crippen LogP contribution < -0.4 is 5.32 Å². The fourth-order valence-corrected chi connectivity index (χ4v) is 4.09. The summed E-state index contributed by atoms with van der Waals surface area (Å²) in [4.78, 5) is 12.4. The number of rotatable bonds is 5. The van der Waals surface area contributed by atoms with Crippen LogP contribution in [0.15, 0.2) is 16.3 Å². The predicted molar refractivity (Wildman–Crippen MR) is 76.0 cm³/mol. The van der Waals surface area contributed by atoms with Gasteiger partial charge in [-0.05, 0) is 29.9 Å². The quantitative estimate of drug-likeness (QED) is 0.847. The molecule has 1 saturated carbocycles. The van der Waals surface area contributed by atoms with Crippen molar-refractivity contribution in [1.29, 1.82) is 0 Å². The summed E-state index contributed by atoms with van der Waals surface area (Å²) in [7, 11) is 1.54. The summed E-state index contributed by atoms with van der Waals surface area (Å²) >= 11 is 1.04. The number of amides is 1. The van der Waals surface area contributed by atoms with Crippen molar-refractivity contribution < 1.29 is 13.2 Å². The number of nitrogens with one attached hydrogen (secondary N) is 1. The van der Waals surface area contributed by atoms with Crippen LogP contribution in [0.2, 0.25) is 0 Å². The number of halogens is 1. The molecule has 0 saturated heterocycles. The first-order valence-electron chi connectivity index (χ1n) is 5.98. The molecule has 0 aromatic carbocycles. The molecule has 1 heterocycles. The molecule has 1 aliphatic rings. The van der Waals surface area contributed by atoms with Crippen molar-refractivity contribution in [2.75, 3.05) is 6.54 Å². The summed E-state index contributed by atoms with van der Waals surface area (Å²) in [5.41, 5.74) is 0.343. The van der Waals surface area contributed by atoms with Crippen LogP contribution in [0.4, 0.5) is 0 Å². The summed E-state index contributed by atoms with van der Waals surface area (Å²) < 4.78 is 22.3. The van der Waals surface area contributed by atoms with Gasteiger partial charge < -0.3 is 5.32 Å². The third-order valence-corrected chi connectivity index (χ3v) is 6.65. The number of hydrogen-bond donors (Lipinski definition) is 1. The second-order valence-corrected chi connectivity index (χ2v) is 9.49. The van der Waals surface area contributed by atoms with E-state index in [0.29, 0.717) is 22.8 Å². The van der Waals surface area contributed by atoms with Gasteiger partial charge in [0.25, 0.3) is 9.05 Å². The average Bonchev–Trinajstić information content (AvgIpc) is 2.70. The van der Waals surface area contributed by atoms with Crippen LogP contribution in [0.3, 0.4) is 0 Å². The van der Waals surface area contributed by atoms with Crippen LogP contribution in [-0.2, 0) is 20.3 Å². The molecule has 0 spiro atoms. The lowest BCUT2D eigenvalue weighted by Crippen LogP contribution is -2.27. The van der Waals surface area contributed by atoms with E-state index in [9.17, 15) is 13.2 Å². The van der Waals surface area contributed by atoms with Crippen molar-refractivity contribution in [3.63, 3.8) is 0 Å². The maximum atomic E-state index is 11.7. The smallest absolute Gasteiger partial charge is 0.270 e. The number of carbonyl (C=O) groups excluding carboxylic acids is 1. The normalized spacial score (nSPS) is 21.1. The zero-order chi connectivity index (χ0) is 14.3. The van der Waals surface area contributed by atoms with E-state index in [-0.39, 0.29) is 16.5 Å². The topological polar surface area (TPSA) is 63.2 Å². The molecule has 1 unspecified atom stereocenters. The van der Waals surface area contributed by atoms with E-state index in [1.165, 1.54) is 6.07 Å². The van der Waals surface area contributed by atoms with Crippen molar-refractivity contribution in [2.45, 2.75) is 30.9 Å². The van der Waals surface area contributed by atoms with Gasteiger partial charge in [-0.15, -0.1) is 11.3 Å². The number of carbonyl (C=O) groups is 1. The van der Waals surface area contributed by atoms with Gasteiger partial charge in [-0.1, -0.05) is 13.8 Å². The molecule has 0 aliphatic heterocycles. The average molecular weight is 322 g/mol. The Hall–Kier alpha value is -0.590. The fourth-order valence-electron chi connectivity index (χ4n) is 1.97. The van der Waals surface area contributed by atoms with Gasteiger partial charge in [0.15, 0.2) is 0 Å². The second-order valence-electron chi connectivity index (χ2n) is 5.53. The minimum atomic E-state index is -3.69. The molecule has 7 heteroatoms. The van der Waals surface area contributed by atoms with E-state index in [0.717, 1.165) is 17.8 Å². The van der Waals surface area contributed by atoms with Gasteiger partial charge in [0, 0.05) is 22.1 Å². The summed E-state index contributed by atoms with van der Waals surface area (Å²) in [6, 6.07) is 3.06. The van der Waals surface area contributed by atoms with Crippen molar-refractivity contribution in [3.05, 3.63) is 17.0 Å². The molecule has 1 aliphatic carbocycles. The molecule has 106 valence electrons. The van der Waals surface area contributed by atoms with E-state index in [4.69, 9.17) is 10.7 Å². The lowest BCUT2D eigenvalue weighted by Gasteiger charge is -2.05. The summed E-state index contributed by atoms with van der Waals surface area (Å²) in [6.07, 6.45) is 1.34. The van der Waals surface area contributed by atoms with Crippen LogP contribution >= 0.6 is 22.0 Å². The molecular formula is C12H16ClNO3S2. The third kappa shape index (κ3) is 3.94. The lowest BCUT2D eigenvalue weighted by molar-refractivity contribution is -0.120. The van der Waals surface area contributed by atoms with Gasteiger partial charge >= 0.3 is 0 Å². The molecule has 1 aromatic rings. The summed E-state index contributed by atoms with van der Waals surface area (Å²) in [5, 5.41) is 2.88. The largest absolute Gasteiger partial charge is 0.355 e. The Morgan fingerprint density at radius 3 is 2.63 bits per heavy atom. The molecular weight excluding hydrogens is 306 g/mol. The number of thiophene rings is 1. The maximum absolute atomic E-state index is 11.7. The van der Waals surface area contributed by atoms with Gasteiger partial charge in [-0.3, -0.25) is 4.79 Å². The lowest BCUT2D eigenvalue weighted by atomic mass is 10.1. The minimum absolute atomic E-state index is 0.0805. The Balaban J connectivity index is 1.84. The van der Waals surface area contributed by atoms with Crippen molar-refractivity contribution in [1.82, 2.24) is 5.32 Å². The van der Waals surface area contributed by atoms with E-state index in [2.05, 4.69) is 19.2 Å². The zero-order valence-electron chi connectivity index (χ0n) is 10.8. The fraction of sp³-hybridized carbons (Fsp3) is 0.583. The molecule has 1 aromatic heterocycles. The summed E-state index contributed by atoms with van der Waals surface area (Å²) in [6.45, 7) is 5.05. The molecule has 2 rings (SSSR count). The molecule has 1 N–H and O–H groups in total. The van der Waals surface area contributed by atoms with Crippen molar-refractivity contribution in [3.8, 4) is 0 Å². The Labute approximate surface area is 121 Å². The van der Waals surface area contributed by atoms with Gasteiger partial charge in [0.1, 0.15) is 4.21 Å². The highest BCUT2D eigenvalue weighted by atomic mass is 35.7. The highest BCUT2D eigenvalue weighted by Gasteiger charge is 2.45. The monoisotopic (exact) mass is 321 g/mol. The number of hydrogen-bond acceptors (Lipinski definition) is 4. The standard InChI is InChI=1S/C12H16ClNO3S2/c1-12(2)6-8(12)7-14-10(15)5-9-3-4-11(18-9)19(13,16)17/h3-4,8H,5-7H2,1-2H3,(H,14,15). The predicted octanol–water partition coefficient (Wildman–Crippen LogP) is 2.38. The van der Waals surface area contributed by atoms with E-state index in [1.54, 1.807) is 6.07 Å². The minimum Gasteiger partial charge on any atom is -0.355 e. The van der Waals surface area contributed by atoms with Gasteiger partial charge in [-0.2, -0.15) is 0 Å². The van der Waals surface area contributed by atoms with Crippen LogP contribution in [0, 0.1) is 11.3 Å². The van der Waals surface area contributed by atoms with Gasteiger partial charge in [-0.25, -0.2) is 8.42 Å². The molecule has 0 bridgehead atoms. The summed E-state index contributed by atoms with van der Waals surface area (Å²) in [5.74, 6) is 0.474. The van der Waals surface area contributed by atoms with E-state index >= 15 is 0 Å². The molecule has 1 amide bonds. The van der Waals surface area contributed by atoms with Crippen LogP contribution in [0.25, 0.3) is 0 Å². The van der Waals surface area contributed by atoms with Crippen LogP contribution in [0.1, 0.15) is 25.1 Å². The highest BCUT2D eigenvalue weighted by molar-refractivity contribution is 8.15. The first-order valence-corrected chi connectivity index (χ1v) is 9.11. The SMILES string of the molecule is CC1(C)CC1CNC(=O)Cc1ccc(S(=O)(=O)Cl)s1. The van der Waals surface area contributed by atoms with Crippen LogP contribution in [-0.4, -0.2) is 20.9 Å². The molecule has 1 fully saturated rings. The molecule has 0 radical (unpaired) electrons. The first-order chi connectivity index (χ1) is 8.68. The van der Waals surface area contributed by atoms with Gasteiger partial charge in [0.05, 0.1) is 6.42 Å². The maximum Gasteiger partial charge on any atom is 0.270 e. The Kier molecular flexibility index (Phi) is 3.95. The highest BCUT2D eigenvalue weighted by Crippen LogP contribution is 2.50. The van der Waals surface area contributed by atoms with E-state index < -0.39 is 9.05 Å². The second kappa shape index (κ2) is 5.07. The Morgan fingerprint density at radius 1 is 1.53 bits per heavy atom. The zero-order valence-corrected chi connectivity index (χ0v) is 13.2. The van der Waals surface area contributed by atoms with E-state index in [1.807, 2.05) is 0 Å². The van der Waals surface area contributed by atoms with Crippen LogP contribution in [0.5, 0.6) is 0 Å². The first kappa shape index (κ1) is 14.8.